The van der Waals surface area contributed by atoms with Crippen molar-refractivity contribution in [3.63, 3.8) is 0 Å². The largest absolute Gasteiger partial charge is 0.353 e. The Kier molecular flexibility index (Phi) is 6.27. The molecule has 1 aliphatic rings. The van der Waals surface area contributed by atoms with E-state index in [4.69, 9.17) is 5.73 Å². The fourth-order valence-corrected chi connectivity index (χ4v) is 2.38. The highest BCUT2D eigenvalue weighted by Gasteiger charge is 2.16. The molecule has 1 unspecified atom stereocenters. The molecule has 3 N–H and O–H groups in total. The maximum atomic E-state index is 11.8. The zero-order chi connectivity index (χ0) is 12.7. The second kappa shape index (κ2) is 7.49. The quantitative estimate of drug-likeness (QED) is 0.668. The second-order valence-electron chi connectivity index (χ2n) is 5.33. The summed E-state index contributed by atoms with van der Waals surface area (Å²) in [5, 5.41) is 3.08. The molecule has 17 heavy (non-hydrogen) atoms. The van der Waals surface area contributed by atoms with E-state index in [0.29, 0.717) is 24.3 Å². The summed E-state index contributed by atoms with van der Waals surface area (Å²) in [6.07, 6.45) is 8.87. The van der Waals surface area contributed by atoms with Gasteiger partial charge in [0.2, 0.25) is 5.91 Å². The minimum absolute atomic E-state index is 0.196. The Morgan fingerprint density at radius 1 is 1.35 bits per heavy atom. The normalized spacial score (nSPS) is 17.6. The number of nitrogens with one attached hydrogen (secondary N) is 1. The van der Waals surface area contributed by atoms with Gasteiger partial charge in [0.1, 0.15) is 0 Å². The lowest BCUT2D eigenvalue weighted by Gasteiger charge is -2.20. The van der Waals surface area contributed by atoms with Crippen LogP contribution >= 0.6 is 0 Å². The van der Waals surface area contributed by atoms with Gasteiger partial charge < -0.3 is 11.1 Å². The monoisotopic (exact) mass is 238 g/mol. The van der Waals surface area contributed by atoms with Crippen molar-refractivity contribution in [1.29, 1.82) is 0 Å². The molecule has 1 rings (SSSR count). The van der Waals surface area contributed by atoms with E-state index >= 15 is 0 Å². The molecular weight excluding hydrogens is 212 g/mol. The fraction of sp³-hybridized carbons (Fsp3) is 0.786. The van der Waals surface area contributed by atoms with E-state index in [-0.39, 0.29) is 5.91 Å². The summed E-state index contributed by atoms with van der Waals surface area (Å²) in [5.41, 5.74) is 5.60. The molecule has 0 fully saturated rings. The third-order valence-corrected chi connectivity index (χ3v) is 3.60. The van der Waals surface area contributed by atoms with Crippen molar-refractivity contribution in [2.24, 2.45) is 17.6 Å². The Balaban J connectivity index is 2.20. The molecule has 0 bridgehead atoms. The number of carbonyl (C=O) groups is 1. The van der Waals surface area contributed by atoms with Crippen LogP contribution in [-0.2, 0) is 4.79 Å². The van der Waals surface area contributed by atoms with Crippen LogP contribution in [0.3, 0.4) is 0 Å². The van der Waals surface area contributed by atoms with Crippen LogP contribution in [0.4, 0.5) is 0 Å². The number of rotatable bonds is 7. The van der Waals surface area contributed by atoms with Gasteiger partial charge in [0.25, 0.3) is 0 Å². The van der Waals surface area contributed by atoms with Gasteiger partial charge in [0.15, 0.2) is 0 Å². The molecule has 1 amide bonds. The fourth-order valence-electron chi connectivity index (χ4n) is 2.38. The SMILES string of the molecule is CC(C)C(CCN)CCC(=O)NC1CC=CC1. The summed E-state index contributed by atoms with van der Waals surface area (Å²) in [6, 6.07) is 0.342. The zero-order valence-corrected chi connectivity index (χ0v) is 11.1. The first-order valence-corrected chi connectivity index (χ1v) is 6.78. The van der Waals surface area contributed by atoms with Gasteiger partial charge in [0, 0.05) is 12.5 Å². The van der Waals surface area contributed by atoms with Crippen LogP contribution in [-0.4, -0.2) is 18.5 Å². The lowest BCUT2D eigenvalue weighted by atomic mass is 9.88. The lowest BCUT2D eigenvalue weighted by molar-refractivity contribution is -0.122. The second-order valence-corrected chi connectivity index (χ2v) is 5.33. The van der Waals surface area contributed by atoms with E-state index < -0.39 is 0 Å². The number of hydrogen-bond acceptors (Lipinski definition) is 2. The summed E-state index contributed by atoms with van der Waals surface area (Å²) < 4.78 is 0. The Labute approximate surface area is 105 Å². The first-order chi connectivity index (χ1) is 8.13. The van der Waals surface area contributed by atoms with E-state index in [1.807, 2.05) is 0 Å². The summed E-state index contributed by atoms with van der Waals surface area (Å²) in [5.74, 6) is 1.38. The van der Waals surface area contributed by atoms with Gasteiger partial charge in [-0.25, -0.2) is 0 Å². The third kappa shape index (κ3) is 5.35. The van der Waals surface area contributed by atoms with Crippen LogP contribution in [0.1, 0.15) is 46.0 Å². The zero-order valence-electron chi connectivity index (χ0n) is 11.1. The van der Waals surface area contributed by atoms with Gasteiger partial charge in [-0.1, -0.05) is 26.0 Å². The molecule has 0 aliphatic heterocycles. The average molecular weight is 238 g/mol. The van der Waals surface area contributed by atoms with Gasteiger partial charge in [-0.05, 0) is 44.1 Å². The van der Waals surface area contributed by atoms with Crippen LogP contribution < -0.4 is 11.1 Å². The molecule has 0 heterocycles. The molecular formula is C14H26N2O. The molecule has 0 spiro atoms. The predicted octanol–water partition coefficient (Wildman–Crippen LogP) is 2.22. The third-order valence-electron chi connectivity index (χ3n) is 3.60. The first-order valence-electron chi connectivity index (χ1n) is 6.78. The maximum Gasteiger partial charge on any atom is 0.220 e. The lowest BCUT2D eigenvalue weighted by Crippen LogP contribution is -2.33. The van der Waals surface area contributed by atoms with Gasteiger partial charge in [-0.2, -0.15) is 0 Å². The smallest absolute Gasteiger partial charge is 0.220 e. The van der Waals surface area contributed by atoms with Crippen LogP contribution in [0, 0.1) is 11.8 Å². The van der Waals surface area contributed by atoms with E-state index in [9.17, 15) is 4.79 Å². The minimum atomic E-state index is 0.196. The van der Waals surface area contributed by atoms with E-state index in [1.54, 1.807) is 0 Å². The Hall–Kier alpha value is -0.830. The van der Waals surface area contributed by atoms with Crippen molar-refractivity contribution in [3.8, 4) is 0 Å². The van der Waals surface area contributed by atoms with Crippen LogP contribution in [0.5, 0.6) is 0 Å². The molecule has 0 aromatic rings. The van der Waals surface area contributed by atoms with Gasteiger partial charge in [-0.15, -0.1) is 0 Å². The molecule has 98 valence electrons. The number of hydrogen-bond donors (Lipinski definition) is 2. The van der Waals surface area contributed by atoms with Gasteiger partial charge in [0.05, 0.1) is 0 Å². The molecule has 0 radical (unpaired) electrons. The number of carbonyl (C=O) groups excluding carboxylic acids is 1. The summed E-state index contributed by atoms with van der Waals surface area (Å²) in [7, 11) is 0. The highest BCUT2D eigenvalue weighted by atomic mass is 16.1. The van der Waals surface area contributed by atoms with E-state index in [0.717, 1.165) is 32.2 Å². The van der Waals surface area contributed by atoms with Crippen molar-refractivity contribution in [2.75, 3.05) is 6.54 Å². The number of amides is 1. The van der Waals surface area contributed by atoms with Crippen molar-refractivity contribution >= 4 is 5.91 Å². The van der Waals surface area contributed by atoms with Crippen LogP contribution in [0.15, 0.2) is 12.2 Å². The highest BCUT2D eigenvalue weighted by molar-refractivity contribution is 5.76. The van der Waals surface area contributed by atoms with Crippen molar-refractivity contribution in [2.45, 2.75) is 52.0 Å². The Bertz CT molecular complexity index is 253. The molecule has 0 aromatic carbocycles. The molecule has 0 aromatic heterocycles. The van der Waals surface area contributed by atoms with Gasteiger partial charge >= 0.3 is 0 Å². The summed E-state index contributed by atoms with van der Waals surface area (Å²) >= 11 is 0. The maximum absolute atomic E-state index is 11.8. The summed E-state index contributed by atoms with van der Waals surface area (Å²) in [6.45, 7) is 5.13. The van der Waals surface area contributed by atoms with Crippen molar-refractivity contribution in [1.82, 2.24) is 5.32 Å². The topological polar surface area (TPSA) is 55.1 Å². The first kappa shape index (κ1) is 14.2. The van der Waals surface area contributed by atoms with E-state index in [1.165, 1.54) is 0 Å². The molecule has 1 aliphatic carbocycles. The number of nitrogens with two attached hydrogens (primary N) is 1. The molecule has 0 saturated heterocycles. The van der Waals surface area contributed by atoms with Crippen molar-refractivity contribution < 1.29 is 4.79 Å². The summed E-state index contributed by atoms with van der Waals surface area (Å²) in [4.78, 5) is 11.8. The molecule has 1 atom stereocenters. The average Bonchev–Trinajstić information content (AvgIpc) is 2.76. The standard InChI is InChI=1S/C14H26N2O/c1-11(2)12(9-10-15)7-8-14(17)16-13-5-3-4-6-13/h3-4,11-13H,5-10,15H2,1-2H3,(H,16,17). The predicted molar refractivity (Wildman–Crippen MR) is 71.5 cm³/mol. The van der Waals surface area contributed by atoms with E-state index in [2.05, 4.69) is 31.3 Å². The van der Waals surface area contributed by atoms with Crippen LogP contribution in [0.25, 0.3) is 0 Å². The Morgan fingerprint density at radius 3 is 2.53 bits per heavy atom. The molecule has 0 saturated carbocycles. The van der Waals surface area contributed by atoms with Crippen molar-refractivity contribution in [3.05, 3.63) is 12.2 Å². The molecule has 3 heteroatoms. The molecule has 3 nitrogen and oxygen atoms in total. The van der Waals surface area contributed by atoms with Crippen LogP contribution in [0.2, 0.25) is 0 Å². The highest BCUT2D eigenvalue weighted by Crippen LogP contribution is 2.20. The van der Waals surface area contributed by atoms with Gasteiger partial charge in [-0.3, -0.25) is 4.79 Å². The Morgan fingerprint density at radius 2 is 2.00 bits per heavy atom. The minimum Gasteiger partial charge on any atom is -0.353 e.